The zero-order valence-corrected chi connectivity index (χ0v) is 34.7. The molecule has 0 saturated carbocycles. The van der Waals surface area contributed by atoms with Gasteiger partial charge in [-0.3, -0.25) is 0 Å². The molecule has 9 aromatic carbocycles. The van der Waals surface area contributed by atoms with Crippen LogP contribution in [-0.4, -0.2) is 24.1 Å². The molecule has 0 radical (unpaired) electrons. The van der Waals surface area contributed by atoms with Crippen LogP contribution in [0.3, 0.4) is 0 Å². The fourth-order valence-electron chi connectivity index (χ4n) is 9.48. The molecular weight excluding hydrogens is 787 g/mol. The van der Waals surface area contributed by atoms with Crippen molar-refractivity contribution in [2.24, 2.45) is 0 Å². The predicted molar refractivity (Wildman–Crippen MR) is 263 cm³/mol. The Hall–Kier alpha value is -8.19. The molecule has 0 aliphatic rings. The molecule has 6 heteroatoms. The summed E-state index contributed by atoms with van der Waals surface area (Å²) in [5.41, 5.74) is 12.2. The lowest BCUT2D eigenvalue weighted by Gasteiger charge is -2.11. The molecule has 13 rings (SSSR count). The number of para-hydroxylation sites is 2. The minimum atomic E-state index is 0.638. The second-order valence-electron chi connectivity index (χ2n) is 16.0. The molecule has 0 aliphatic carbocycles. The van der Waals surface area contributed by atoms with E-state index in [9.17, 15) is 0 Å². The van der Waals surface area contributed by atoms with Crippen molar-refractivity contribution in [2.45, 2.75) is 0 Å². The highest BCUT2D eigenvalue weighted by Crippen LogP contribution is 2.45. The minimum absolute atomic E-state index is 0.638. The van der Waals surface area contributed by atoms with Gasteiger partial charge in [0, 0.05) is 69.8 Å². The van der Waals surface area contributed by atoms with Gasteiger partial charge in [-0.05, 0) is 83.9 Å². The van der Waals surface area contributed by atoms with Crippen molar-refractivity contribution in [1.29, 1.82) is 0 Å². The lowest BCUT2D eigenvalue weighted by Crippen LogP contribution is -2.00. The topological polar surface area (TPSA) is 48.5 Å². The zero-order chi connectivity index (χ0) is 41.4. The summed E-state index contributed by atoms with van der Waals surface area (Å²) < 4.78 is 7.39. The maximum Gasteiger partial charge on any atom is 0.164 e. The molecule has 0 atom stereocenters. The predicted octanol–water partition coefficient (Wildman–Crippen LogP) is 15.1. The van der Waals surface area contributed by atoms with E-state index in [1.54, 1.807) is 0 Å². The van der Waals surface area contributed by atoms with Gasteiger partial charge in [-0.2, -0.15) is 0 Å². The standard InChI is InChI=1S/C57H35N5S/c1-5-15-36(16-6-1)39-25-29-49-45(33-39)43-23-13-14-24-48(43)61(49)42-27-31-51-47(35-42)53-52(63-51)32-28-44-46-34-40(26-30-50(46)62(54(44)53)41-21-11-4-12-22-41)57-59-55(37-17-7-2-8-18-37)58-56(60-57)38-19-9-3-10-20-38/h1-35H. The summed E-state index contributed by atoms with van der Waals surface area (Å²) in [4.78, 5) is 15.2. The largest absolute Gasteiger partial charge is 0.309 e. The minimum Gasteiger partial charge on any atom is -0.309 e. The second kappa shape index (κ2) is 14.2. The van der Waals surface area contributed by atoms with Crippen LogP contribution >= 0.6 is 11.3 Å². The summed E-state index contributed by atoms with van der Waals surface area (Å²) in [7, 11) is 0. The average molecular weight is 822 g/mol. The number of rotatable bonds is 6. The SMILES string of the molecule is c1ccc(-c2ccc3c(c2)c2ccccc2n3-c2ccc3sc4ccc5c6cc(-c7nc(-c8ccccc8)nc(-c8ccccc8)n7)ccc6n(-c6ccccc6)c5c4c3c2)cc1. The third kappa shape index (κ3) is 5.73. The van der Waals surface area contributed by atoms with Gasteiger partial charge in [0.2, 0.25) is 0 Å². The number of hydrogen-bond donors (Lipinski definition) is 0. The fraction of sp³-hybridized carbons (Fsp3) is 0. The quantitative estimate of drug-likeness (QED) is 0.168. The molecular formula is C57H35N5S. The van der Waals surface area contributed by atoms with Crippen molar-refractivity contribution < 1.29 is 0 Å². The first-order valence-electron chi connectivity index (χ1n) is 21.2. The maximum atomic E-state index is 5.10. The Morgan fingerprint density at radius 3 is 1.52 bits per heavy atom. The molecule has 4 heterocycles. The number of aromatic nitrogens is 5. The molecule has 0 fully saturated rings. The number of thiophene rings is 1. The molecule has 0 saturated heterocycles. The lowest BCUT2D eigenvalue weighted by molar-refractivity contribution is 1.07. The van der Waals surface area contributed by atoms with E-state index in [0.717, 1.165) is 39.0 Å². The Morgan fingerprint density at radius 1 is 0.302 bits per heavy atom. The van der Waals surface area contributed by atoms with Crippen LogP contribution in [0.2, 0.25) is 0 Å². The summed E-state index contributed by atoms with van der Waals surface area (Å²) in [6.07, 6.45) is 0. The van der Waals surface area contributed by atoms with Gasteiger partial charge in [0.05, 0.1) is 22.1 Å². The lowest BCUT2D eigenvalue weighted by atomic mass is 10.0. The zero-order valence-electron chi connectivity index (χ0n) is 33.9. The van der Waals surface area contributed by atoms with Crippen LogP contribution in [0.4, 0.5) is 0 Å². The van der Waals surface area contributed by atoms with Crippen molar-refractivity contribution in [1.82, 2.24) is 24.1 Å². The molecule has 4 aromatic heterocycles. The van der Waals surface area contributed by atoms with Gasteiger partial charge >= 0.3 is 0 Å². The molecule has 5 nitrogen and oxygen atoms in total. The summed E-state index contributed by atoms with van der Waals surface area (Å²) >= 11 is 1.85. The summed E-state index contributed by atoms with van der Waals surface area (Å²) in [5.74, 6) is 1.93. The first-order valence-corrected chi connectivity index (χ1v) is 22.0. The highest BCUT2D eigenvalue weighted by molar-refractivity contribution is 7.26. The van der Waals surface area contributed by atoms with Gasteiger partial charge in [0.25, 0.3) is 0 Å². The van der Waals surface area contributed by atoms with Crippen molar-refractivity contribution >= 4 is 75.1 Å². The Balaban J connectivity index is 1.05. The maximum absolute atomic E-state index is 5.10. The van der Waals surface area contributed by atoms with Crippen LogP contribution in [0, 0.1) is 0 Å². The van der Waals surface area contributed by atoms with E-state index in [1.165, 1.54) is 64.0 Å². The first-order chi connectivity index (χ1) is 31.2. The fourth-order valence-corrected chi connectivity index (χ4v) is 10.6. The Bertz CT molecular complexity index is 3830. The van der Waals surface area contributed by atoms with Gasteiger partial charge < -0.3 is 9.13 Å². The van der Waals surface area contributed by atoms with Crippen LogP contribution in [0.15, 0.2) is 212 Å². The Kier molecular flexibility index (Phi) is 8.01. The van der Waals surface area contributed by atoms with Crippen LogP contribution in [-0.2, 0) is 0 Å². The molecule has 0 aliphatic heterocycles. The molecule has 63 heavy (non-hydrogen) atoms. The van der Waals surface area contributed by atoms with E-state index in [-0.39, 0.29) is 0 Å². The molecule has 0 unspecified atom stereocenters. The van der Waals surface area contributed by atoms with Gasteiger partial charge in [-0.25, -0.2) is 15.0 Å². The van der Waals surface area contributed by atoms with Crippen LogP contribution in [0.25, 0.3) is 120 Å². The van der Waals surface area contributed by atoms with Crippen molar-refractivity contribution in [3.8, 4) is 56.7 Å². The highest BCUT2D eigenvalue weighted by Gasteiger charge is 2.21. The van der Waals surface area contributed by atoms with Crippen molar-refractivity contribution in [2.75, 3.05) is 0 Å². The monoisotopic (exact) mass is 821 g/mol. The summed E-state index contributed by atoms with van der Waals surface area (Å²) in [6.45, 7) is 0. The van der Waals surface area contributed by atoms with E-state index in [1.807, 2.05) is 47.7 Å². The highest BCUT2D eigenvalue weighted by atomic mass is 32.1. The second-order valence-corrected chi connectivity index (χ2v) is 17.1. The number of benzene rings is 9. The first kappa shape index (κ1) is 35.6. The molecule has 0 N–H and O–H groups in total. The number of hydrogen-bond acceptors (Lipinski definition) is 4. The summed E-state index contributed by atoms with van der Waals surface area (Å²) in [5, 5.41) is 7.30. The van der Waals surface area contributed by atoms with Crippen LogP contribution < -0.4 is 0 Å². The molecule has 0 spiro atoms. The molecule has 13 aromatic rings. The van der Waals surface area contributed by atoms with Gasteiger partial charge in [0.15, 0.2) is 17.5 Å². The average Bonchev–Trinajstić information content (AvgIpc) is 4.01. The normalized spacial score (nSPS) is 11.8. The van der Waals surface area contributed by atoms with Crippen molar-refractivity contribution in [3.63, 3.8) is 0 Å². The molecule has 294 valence electrons. The van der Waals surface area contributed by atoms with Gasteiger partial charge in [-0.1, -0.05) is 140 Å². The van der Waals surface area contributed by atoms with Gasteiger partial charge in [-0.15, -0.1) is 11.3 Å². The Morgan fingerprint density at radius 2 is 0.825 bits per heavy atom. The van der Waals surface area contributed by atoms with E-state index < -0.39 is 0 Å². The number of nitrogens with zero attached hydrogens (tertiary/aromatic N) is 5. The molecule has 0 amide bonds. The third-order valence-electron chi connectivity index (χ3n) is 12.4. The van der Waals surface area contributed by atoms with Crippen LogP contribution in [0.1, 0.15) is 0 Å². The van der Waals surface area contributed by atoms with Crippen molar-refractivity contribution in [3.05, 3.63) is 212 Å². The smallest absolute Gasteiger partial charge is 0.164 e. The third-order valence-corrected chi connectivity index (χ3v) is 13.5. The number of fused-ring (bicyclic) bond motifs is 10. The summed E-state index contributed by atoms with van der Waals surface area (Å²) in [6, 6.07) is 75.7. The Labute approximate surface area is 366 Å². The van der Waals surface area contributed by atoms with E-state index in [0.29, 0.717) is 17.5 Å². The van der Waals surface area contributed by atoms with E-state index in [4.69, 9.17) is 15.0 Å². The van der Waals surface area contributed by atoms with Crippen LogP contribution in [0.5, 0.6) is 0 Å². The van der Waals surface area contributed by atoms with E-state index in [2.05, 4.69) is 185 Å². The van der Waals surface area contributed by atoms with Gasteiger partial charge in [0.1, 0.15) is 0 Å². The molecule has 0 bridgehead atoms. The van der Waals surface area contributed by atoms with E-state index >= 15 is 0 Å².